The maximum absolute atomic E-state index is 13.7. The molecule has 16 heavy (non-hydrogen) atoms. The van der Waals surface area contributed by atoms with Crippen LogP contribution in [0, 0.1) is 0 Å². The van der Waals surface area contributed by atoms with Gasteiger partial charge in [-0.15, -0.1) is 0 Å². The van der Waals surface area contributed by atoms with Gasteiger partial charge in [-0.05, 0) is 12.8 Å². The van der Waals surface area contributed by atoms with Crippen LogP contribution in [0.5, 0.6) is 0 Å². The van der Waals surface area contributed by atoms with E-state index < -0.39 is 18.0 Å². The summed E-state index contributed by atoms with van der Waals surface area (Å²) in [7, 11) is 0. The predicted molar refractivity (Wildman–Crippen MR) is 57.4 cm³/mol. The Hall–Kier alpha value is -1.00. The molecule has 0 radical (unpaired) electrons. The Kier molecular flexibility index (Phi) is 2.95. The molecule has 0 heterocycles. The summed E-state index contributed by atoms with van der Waals surface area (Å²) in [5.41, 5.74) is -0.436. The monoisotopic (exact) mass is 227 g/mol. The van der Waals surface area contributed by atoms with Gasteiger partial charge >= 0.3 is 0 Å². The van der Waals surface area contributed by atoms with Crippen molar-refractivity contribution in [3.8, 4) is 0 Å². The minimum atomic E-state index is -2.88. The van der Waals surface area contributed by atoms with Crippen LogP contribution in [-0.2, 0) is 5.92 Å². The van der Waals surface area contributed by atoms with Crippen molar-refractivity contribution in [2.24, 2.45) is 0 Å². The molecule has 0 atom stereocenters. The molecule has 0 aliphatic heterocycles. The predicted octanol–water partition coefficient (Wildman–Crippen LogP) is 1.89. The minimum Gasteiger partial charge on any atom is -0.394 e. The van der Waals surface area contributed by atoms with E-state index in [9.17, 15) is 8.78 Å². The van der Waals surface area contributed by atoms with Gasteiger partial charge < -0.3 is 10.4 Å². The summed E-state index contributed by atoms with van der Waals surface area (Å²) in [5.74, 6) is -2.88. The first-order chi connectivity index (χ1) is 7.58. The number of hydrogen-bond donors (Lipinski definition) is 2. The molecule has 0 aromatic heterocycles. The minimum absolute atomic E-state index is 0.0104. The topological polar surface area (TPSA) is 32.3 Å². The molecular weight excluding hydrogens is 212 g/mol. The molecule has 0 saturated heterocycles. The fourth-order valence-corrected chi connectivity index (χ4v) is 1.62. The molecule has 1 aliphatic carbocycles. The number of rotatable bonds is 5. The summed E-state index contributed by atoms with van der Waals surface area (Å²) in [6.45, 7) is -0.491. The van der Waals surface area contributed by atoms with Crippen LogP contribution >= 0.6 is 0 Å². The fourth-order valence-electron chi connectivity index (χ4n) is 1.62. The first-order valence-corrected chi connectivity index (χ1v) is 5.37. The van der Waals surface area contributed by atoms with Crippen LogP contribution in [0.1, 0.15) is 18.4 Å². The van der Waals surface area contributed by atoms with Gasteiger partial charge in [-0.3, -0.25) is 0 Å². The molecule has 1 fully saturated rings. The van der Waals surface area contributed by atoms with E-state index >= 15 is 0 Å². The lowest BCUT2D eigenvalue weighted by atomic mass is 10.1. The Balaban J connectivity index is 1.98. The highest BCUT2D eigenvalue weighted by molar-refractivity contribution is 5.20. The highest BCUT2D eigenvalue weighted by Crippen LogP contribution is 2.36. The number of alkyl halides is 2. The van der Waals surface area contributed by atoms with E-state index in [1.165, 1.54) is 12.1 Å². The zero-order valence-corrected chi connectivity index (χ0v) is 8.92. The van der Waals surface area contributed by atoms with E-state index in [-0.39, 0.29) is 12.2 Å². The Morgan fingerprint density at radius 3 is 2.38 bits per heavy atom. The molecule has 0 unspecified atom stereocenters. The molecule has 1 saturated carbocycles. The number of aliphatic hydroxyl groups is 1. The van der Waals surface area contributed by atoms with Crippen molar-refractivity contribution in [1.82, 2.24) is 5.32 Å². The quantitative estimate of drug-likeness (QED) is 0.805. The standard InChI is InChI=1S/C12H15F2NO/c13-12(14,10-4-2-1-3-5-10)8-15-11(9-16)6-7-11/h1-5,15-16H,6-9H2. The van der Waals surface area contributed by atoms with Crippen LogP contribution in [0.25, 0.3) is 0 Å². The number of benzene rings is 1. The molecule has 2 rings (SSSR count). The Morgan fingerprint density at radius 1 is 1.25 bits per heavy atom. The van der Waals surface area contributed by atoms with E-state index in [0.29, 0.717) is 0 Å². The van der Waals surface area contributed by atoms with Crippen molar-refractivity contribution in [2.75, 3.05) is 13.2 Å². The van der Waals surface area contributed by atoms with Gasteiger partial charge in [-0.2, -0.15) is 8.78 Å². The van der Waals surface area contributed by atoms with Gasteiger partial charge in [0.05, 0.1) is 13.2 Å². The molecular formula is C12H15F2NO. The third kappa shape index (κ3) is 2.39. The number of aliphatic hydroxyl groups excluding tert-OH is 1. The van der Waals surface area contributed by atoms with Crippen LogP contribution in [0.2, 0.25) is 0 Å². The van der Waals surface area contributed by atoms with Gasteiger partial charge in [-0.25, -0.2) is 0 Å². The van der Waals surface area contributed by atoms with Crippen LogP contribution in [-0.4, -0.2) is 23.8 Å². The summed E-state index contributed by atoms with van der Waals surface area (Å²) in [6.07, 6.45) is 1.54. The Morgan fingerprint density at radius 2 is 1.88 bits per heavy atom. The molecule has 2 nitrogen and oxygen atoms in total. The lowest BCUT2D eigenvalue weighted by molar-refractivity contribution is -0.00869. The highest BCUT2D eigenvalue weighted by atomic mass is 19.3. The summed E-state index contributed by atoms with van der Waals surface area (Å²) >= 11 is 0. The van der Waals surface area contributed by atoms with Crippen LogP contribution < -0.4 is 5.32 Å². The van der Waals surface area contributed by atoms with Crippen LogP contribution in [0.15, 0.2) is 30.3 Å². The summed E-state index contributed by atoms with van der Waals surface area (Å²) in [5, 5.41) is 11.8. The van der Waals surface area contributed by atoms with Gasteiger partial charge in [0.15, 0.2) is 0 Å². The third-order valence-corrected chi connectivity index (χ3v) is 3.04. The zero-order valence-electron chi connectivity index (χ0n) is 8.92. The molecule has 2 N–H and O–H groups in total. The highest BCUT2D eigenvalue weighted by Gasteiger charge is 2.44. The number of halogens is 2. The first kappa shape index (κ1) is 11.5. The molecule has 1 aromatic rings. The summed E-state index contributed by atoms with van der Waals surface area (Å²) in [6, 6.07) is 7.74. The molecule has 1 aliphatic rings. The Labute approximate surface area is 93.3 Å². The Bertz CT molecular complexity index is 349. The molecule has 0 spiro atoms. The second kappa shape index (κ2) is 4.11. The van der Waals surface area contributed by atoms with Crippen molar-refractivity contribution in [3.63, 3.8) is 0 Å². The van der Waals surface area contributed by atoms with Gasteiger partial charge in [0, 0.05) is 11.1 Å². The molecule has 0 amide bonds. The SMILES string of the molecule is OCC1(NCC(F)(F)c2ccccc2)CC1. The van der Waals surface area contributed by atoms with Gasteiger partial charge in [0.1, 0.15) is 0 Å². The molecule has 0 bridgehead atoms. The van der Waals surface area contributed by atoms with E-state index in [1.54, 1.807) is 18.2 Å². The summed E-state index contributed by atoms with van der Waals surface area (Å²) in [4.78, 5) is 0. The first-order valence-electron chi connectivity index (χ1n) is 5.37. The lowest BCUT2D eigenvalue weighted by Gasteiger charge is -2.21. The van der Waals surface area contributed by atoms with Crippen molar-refractivity contribution >= 4 is 0 Å². The number of nitrogens with one attached hydrogen (secondary N) is 1. The lowest BCUT2D eigenvalue weighted by Crippen LogP contribution is -2.41. The van der Waals surface area contributed by atoms with Gasteiger partial charge in [-0.1, -0.05) is 30.3 Å². The van der Waals surface area contributed by atoms with E-state index in [0.717, 1.165) is 12.8 Å². The largest absolute Gasteiger partial charge is 0.394 e. The molecule has 88 valence electrons. The van der Waals surface area contributed by atoms with E-state index in [4.69, 9.17) is 5.11 Å². The molecule has 1 aromatic carbocycles. The fraction of sp³-hybridized carbons (Fsp3) is 0.500. The van der Waals surface area contributed by atoms with Crippen molar-refractivity contribution in [3.05, 3.63) is 35.9 Å². The second-order valence-corrected chi connectivity index (χ2v) is 4.36. The van der Waals surface area contributed by atoms with Crippen molar-refractivity contribution in [1.29, 1.82) is 0 Å². The smallest absolute Gasteiger partial charge is 0.285 e. The maximum Gasteiger partial charge on any atom is 0.285 e. The normalized spacial score (nSPS) is 18.4. The van der Waals surface area contributed by atoms with Crippen LogP contribution in [0.3, 0.4) is 0 Å². The maximum atomic E-state index is 13.7. The average Bonchev–Trinajstić information content (AvgIpc) is 3.09. The van der Waals surface area contributed by atoms with Crippen molar-refractivity contribution in [2.45, 2.75) is 24.3 Å². The zero-order chi connectivity index (χ0) is 11.6. The second-order valence-electron chi connectivity index (χ2n) is 4.36. The number of hydrogen-bond acceptors (Lipinski definition) is 2. The molecule has 4 heteroatoms. The van der Waals surface area contributed by atoms with Crippen molar-refractivity contribution < 1.29 is 13.9 Å². The van der Waals surface area contributed by atoms with E-state index in [2.05, 4.69) is 5.32 Å². The van der Waals surface area contributed by atoms with E-state index in [1.807, 2.05) is 0 Å². The van der Waals surface area contributed by atoms with Gasteiger partial charge in [0.2, 0.25) is 0 Å². The van der Waals surface area contributed by atoms with Gasteiger partial charge in [0.25, 0.3) is 5.92 Å². The average molecular weight is 227 g/mol. The van der Waals surface area contributed by atoms with Crippen LogP contribution in [0.4, 0.5) is 8.78 Å². The third-order valence-electron chi connectivity index (χ3n) is 3.04. The summed E-state index contributed by atoms with van der Waals surface area (Å²) < 4.78 is 27.4.